The number of aromatic nitrogens is 1. The maximum atomic E-state index is 12.5. The number of rotatable bonds is 7. The maximum absolute atomic E-state index is 12.5. The summed E-state index contributed by atoms with van der Waals surface area (Å²) in [5, 5.41) is 3.17. The van der Waals surface area contributed by atoms with E-state index in [1.807, 2.05) is 13.0 Å². The Morgan fingerprint density at radius 1 is 1.03 bits per heavy atom. The second-order valence-electron chi connectivity index (χ2n) is 7.74. The summed E-state index contributed by atoms with van der Waals surface area (Å²) >= 11 is 1.30. The minimum Gasteiger partial charge on any atom is -0.382 e. The van der Waals surface area contributed by atoms with Crippen LogP contribution in [0, 0.1) is 0 Å². The molecule has 0 aliphatic carbocycles. The first-order chi connectivity index (χ1) is 15.5. The number of sulfonamides is 1. The molecule has 0 spiro atoms. The third-order valence-electron chi connectivity index (χ3n) is 5.16. The highest BCUT2D eigenvalue weighted by Crippen LogP contribution is 2.41. The largest absolute Gasteiger partial charge is 0.382 e. The predicted octanol–water partition coefficient (Wildman–Crippen LogP) is 3.75. The van der Waals surface area contributed by atoms with Crippen LogP contribution in [0.2, 0.25) is 0 Å². The molecule has 0 aliphatic heterocycles. The fourth-order valence-corrected chi connectivity index (χ4v) is 5.96. The van der Waals surface area contributed by atoms with Crippen LogP contribution in [0.4, 0.5) is 0 Å². The lowest BCUT2D eigenvalue weighted by Gasteiger charge is -2.18. The number of thiophene rings is 1. The molecular formula is C22H22N2O6S3. The van der Waals surface area contributed by atoms with Crippen molar-refractivity contribution in [1.82, 2.24) is 9.71 Å². The molecular weight excluding hydrogens is 484 g/mol. The van der Waals surface area contributed by atoms with E-state index in [1.54, 1.807) is 35.7 Å². The molecule has 1 unspecified atom stereocenters. The van der Waals surface area contributed by atoms with Gasteiger partial charge in [0.2, 0.25) is 10.0 Å². The third-order valence-corrected chi connectivity index (χ3v) is 7.27. The summed E-state index contributed by atoms with van der Waals surface area (Å²) in [7, 11) is -7.21. The molecule has 2 aromatic carbocycles. The summed E-state index contributed by atoms with van der Waals surface area (Å²) in [5.41, 5.74) is 2.29. The Morgan fingerprint density at radius 2 is 1.73 bits per heavy atom. The topological polar surface area (TPSA) is 122 Å². The predicted molar refractivity (Wildman–Crippen MR) is 132 cm³/mol. The molecule has 0 saturated heterocycles. The SMILES string of the molecule is CCC(NS(C)(=O)=O)c1ccc(-c2c(OS(C)(=O)=O)ccc3[nH]c(=O)c4sccc4c23)cc1. The van der Waals surface area contributed by atoms with Gasteiger partial charge in [-0.25, -0.2) is 13.1 Å². The number of fused-ring (bicyclic) bond motifs is 3. The summed E-state index contributed by atoms with van der Waals surface area (Å²) in [4.78, 5) is 15.3. The van der Waals surface area contributed by atoms with E-state index in [0.717, 1.165) is 18.1 Å². The Labute approximate surface area is 195 Å². The van der Waals surface area contributed by atoms with E-state index in [2.05, 4.69) is 9.71 Å². The quantitative estimate of drug-likeness (QED) is 0.368. The highest BCUT2D eigenvalue weighted by atomic mass is 32.2. The van der Waals surface area contributed by atoms with Gasteiger partial charge in [0.25, 0.3) is 5.56 Å². The van der Waals surface area contributed by atoms with E-state index in [1.165, 1.54) is 17.4 Å². The van der Waals surface area contributed by atoms with Crippen molar-refractivity contribution in [2.75, 3.05) is 12.5 Å². The molecule has 0 radical (unpaired) electrons. The Hall–Kier alpha value is -2.73. The van der Waals surface area contributed by atoms with Crippen LogP contribution in [0.15, 0.2) is 52.6 Å². The highest BCUT2D eigenvalue weighted by molar-refractivity contribution is 7.88. The van der Waals surface area contributed by atoms with E-state index in [-0.39, 0.29) is 11.3 Å². The van der Waals surface area contributed by atoms with Gasteiger partial charge in [-0.3, -0.25) is 4.79 Å². The van der Waals surface area contributed by atoms with Crippen LogP contribution in [0.3, 0.4) is 0 Å². The molecule has 2 aromatic heterocycles. The monoisotopic (exact) mass is 506 g/mol. The third kappa shape index (κ3) is 4.96. The lowest BCUT2D eigenvalue weighted by molar-refractivity contribution is 0.494. The second-order valence-corrected chi connectivity index (χ2v) is 12.0. The first-order valence-electron chi connectivity index (χ1n) is 10.00. The van der Waals surface area contributed by atoms with E-state index < -0.39 is 26.2 Å². The Bertz CT molecular complexity index is 1620. The lowest BCUT2D eigenvalue weighted by Crippen LogP contribution is -2.26. The number of benzene rings is 2. The number of nitrogens with one attached hydrogen (secondary N) is 2. The minimum atomic E-state index is -3.82. The molecule has 0 amide bonds. The molecule has 2 heterocycles. The Kier molecular flexibility index (Phi) is 6.08. The van der Waals surface area contributed by atoms with Crippen LogP contribution in [0.1, 0.15) is 24.9 Å². The van der Waals surface area contributed by atoms with Crippen molar-refractivity contribution in [3.63, 3.8) is 0 Å². The summed E-state index contributed by atoms with van der Waals surface area (Å²) < 4.78 is 55.8. The second kappa shape index (κ2) is 8.56. The van der Waals surface area contributed by atoms with Gasteiger partial charge < -0.3 is 9.17 Å². The number of hydrogen-bond donors (Lipinski definition) is 2. The lowest BCUT2D eigenvalue weighted by atomic mass is 9.95. The normalized spacial score (nSPS) is 13.4. The van der Waals surface area contributed by atoms with E-state index in [4.69, 9.17) is 4.18 Å². The zero-order valence-electron chi connectivity index (χ0n) is 18.1. The molecule has 2 N–H and O–H groups in total. The first-order valence-corrected chi connectivity index (χ1v) is 14.6. The molecule has 4 rings (SSSR count). The Balaban J connectivity index is 1.96. The molecule has 1 atom stereocenters. The standard InChI is InChI=1S/C22H22N2O6S3/c1-4-16(24-32(2,26)27)13-5-7-14(8-6-13)19-18(30-33(3,28)29)10-9-17-20(19)15-11-12-31-21(15)22(25)23-17/h5-12,16,24H,4H2,1-3H3,(H,23,25). The van der Waals surface area contributed by atoms with Crippen LogP contribution in [0.25, 0.3) is 32.1 Å². The van der Waals surface area contributed by atoms with Gasteiger partial charge in [0.1, 0.15) is 4.70 Å². The van der Waals surface area contributed by atoms with Gasteiger partial charge in [-0.05, 0) is 41.1 Å². The van der Waals surface area contributed by atoms with Crippen LogP contribution in [-0.2, 0) is 20.1 Å². The molecule has 8 nitrogen and oxygen atoms in total. The van der Waals surface area contributed by atoms with Gasteiger partial charge in [-0.2, -0.15) is 8.42 Å². The van der Waals surface area contributed by atoms with Crippen molar-refractivity contribution in [1.29, 1.82) is 0 Å². The number of aromatic amines is 1. The zero-order chi connectivity index (χ0) is 24.0. The van der Waals surface area contributed by atoms with Crippen LogP contribution < -0.4 is 14.5 Å². The van der Waals surface area contributed by atoms with E-state index in [0.29, 0.717) is 38.5 Å². The van der Waals surface area contributed by atoms with Crippen LogP contribution >= 0.6 is 11.3 Å². The van der Waals surface area contributed by atoms with E-state index in [9.17, 15) is 21.6 Å². The van der Waals surface area contributed by atoms with Crippen molar-refractivity contribution in [3.8, 4) is 16.9 Å². The molecule has 11 heteroatoms. The Morgan fingerprint density at radius 3 is 2.33 bits per heavy atom. The van der Waals surface area contributed by atoms with E-state index >= 15 is 0 Å². The average molecular weight is 507 g/mol. The highest BCUT2D eigenvalue weighted by Gasteiger charge is 2.20. The summed E-state index contributed by atoms with van der Waals surface area (Å²) in [6, 6.07) is 11.7. The number of H-pyrrole nitrogens is 1. The van der Waals surface area contributed by atoms with Crippen LogP contribution in [-0.4, -0.2) is 34.3 Å². The molecule has 0 aliphatic rings. The number of pyridine rings is 1. The van der Waals surface area contributed by atoms with Crippen LogP contribution in [0.5, 0.6) is 5.75 Å². The van der Waals surface area contributed by atoms with Crippen molar-refractivity contribution in [3.05, 3.63) is 63.8 Å². The van der Waals surface area contributed by atoms with Gasteiger partial charge in [0.05, 0.1) is 12.5 Å². The molecule has 0 bridgehead atoms. The smallest absolute Gasteiger partial charge is 0.306 e. The van der Waals surface area contributed by atoms with Crippen molar-refractivity contribution in [2.24, 2.45) is 0 Å². The van der Waals surface area contributed by atoms with Gasteiger partial charge in [-0.15, -0.1) is 11.3 Å². The fraction of sp³-hybridized carbons (Fsp3) is 0.227. The van der Waals surface area contributed by atoms with Crippen molar-refractivity contribution in [2.45, 2.75) is 19.4 Å². The van der Waals surface area contributed by atoms with Crippen molar-refractivity contribution >= 4 is 52.5 Å². The molecule has 33 heavy (non-hydrogen) atoms. The fourth-order valence-electron chi connectivity index (χ4n) is 3.88. The van der Waals surface area contributed by atoms with Gasteiger partial charge in [0, 0.05) is 27.9 Å². The minimum absolute atomic E-state index is 0.138. The maximum Gasteiger partial charge on any atom is 0.306 e. The molecule has 4 aromatic rings. The average Bonchev–Trinajstić information content (AvgIpc) is 3.21. The summed E-state index contributed by atoms with van der Waals surface area (Å²) in [6.07, 6.45) is 2.64. The van der Waals surface area contributed by atoms with Gasteiger partial charge in [0.15, 0.2) is 5.75 Å². The molecule has 0 saturated carbocycles. The van der Waals surface area contributed by atoms with Gasteiger partial charge in [-0.1, -0.05) is 31.2 Å². The number of hydrogen-bond acceptors (Lipinski definition) is 7. The van der Waals surface area contributed by atoms with Gasteiger partial charge >= 0.3 is 10.1 Å². The summed E-state index contributed by atoms with van der Waals surface area (Å²) in [5.74, 6) is 0.138. The molecule has 0 fully saturated rings. The summed E-state index contributed by atoms with van der Waals surface area (Å²) in [6.45, 7) is 1.88. The first kappa shape index (κ1) is 23.4. The molecule has 174 valence electrons. The zero-order valence-corrected chi connectivity index (χ0v) is 20.5. The van der Waals surface area contributed by atoms with Crippen molar-refractivity contribution < 1.29 is 21.0 Å².